The number of nitrogens with zero attached hydrogens (tertiary/aromatic N) is 2. The first kappa shape index (κ1) is 42.8. The molecule has 0 aromatic heterocycles. The van der Waals surface area contributed by atoms with Crippen LogP contribution in [0.4, 0.5) is 17.1 Å². The second kappa shape index (κ2) is 19.4. The van der Waals surface area contributed by atoms with Gasteiger partial charge in [-0.05, 0) is 117 Å². The fourth-order valence-corrected chi connectivity index (χ4v) is 8.06. The molecule has 2 aliphatic rings. The minimum absolute atomic E-state index is 0.00369. The van der Waals surface area contributed by atoms with Crippen LogP contribution in [0.25, 0.3) is 0 Å². The number of ether oxygens (including phenoxy) is 3. The van der Waals surface area contributed by atoms with Gasteiger partial charge in [-0.2, -0.15) is 0 Å². The lowest BCUT2D eigenvalue weighted by Crippen LogP contribution is -2.59. The van der Waals surface area contributed by atoms with Gasteiger partial charge in [-0.1, -0.05) is 43.9 Å². The van der Waals surface area contributed by atoms with Gasteiger partial charge in [0.1, 0.15) is 12.9 Å². The Morgan fingerprint density at radius 3 is 1.61 bits per heavy atom. The summed E-state index contributed by atoms with van der Waals surface area (Å²) >= 11 is 0. The Morgan fingerprint density at radius 2 is 1.08 bits per heavy atom. The molecule has 2 saturated heterocycles. The van der Waals surface area contributed by atoms with Gasteiger partial charge in [0.15, 0.2) is 0 Å². The number of carbonyl (C=O) groups is 1. The zero-order valence-corrected chi connectivity index (χ0v) is 34.1. The maximum Gasteiger partial charge on any atom is 0.306 e. The molecule has 0 unspecified atom stereocenters. The predicted octanol–water partition coefficient (Wildman–Crippen LogP) is 9.39. The third-order valence-electron chi connectivity index (χ3n) is 9.81. The van der Waals surface area contributed by atoms with Gasteiger partial charge in [-0.3, -0.25) is 4.79 Å². The lowest BCUT2D eigenvalue weighted by molar-refractivity contribution is -0.153. The third kappa shape index (κ3) is 16.3. The predicted molar refractivity (Wildman–Crippen MR) is 214 cm³/mol. The van der Waals surface area contributed by atoms with Crippen molar-refractivity contribution in [1.29, 1.82) is 0 Å². The quantitative estimate of drug-likeness (QED) is 0.102. The summed E-state index contributed by atoms with van der Waals surface area (Å²) in [4.78, 5) is 16.6. The van der Waals surface area contributed by atoms with Crippen LogP contribution in [0.5, 0.6) is 0 Å². The molecule has 0 saturated carbocycles. The lowest BCUT2D eigenvalue weighted by Gasteiger charge is -2.46. The number of anilines is 3. The zero-order chi connectivity index (χ0) is 37.7. The molecule has 0 amide bonds. The van der Waals surface area contributed by atoms with Crippen molar-refractivity contribution in [1.82, 2.24) is 10.6 Å². The maximum atomic E-state index is 12.3. The number of nitrogens with one attached hydrogen (secondary N) is 2. The van der Waals surface area contributed by atoms with Crippen LogP contribution in [-0.2, 0) is 19.0 Å². The van der Waals surface area contributed by atoms with E-state index in [4.69, 9.17) is 14.2 Å². The molecule has 0 aliphatic carbocycles. The summed E-state index contributed by atoms with van der Waals surface area (Å²) < 4.78 is 17.5. The molecule has 2 aromatic rings. The van der Waals surface area contributed by atoms with E-state index in [0.717, 1.165) is 64.4 Å². The fourth-order valence-electron chi connectivity index (χ4n) is 8.06. The molecule has 0 spiro atoms. The molecular weight excluding hydrogens is 636 g/mol. The number of unbranched alkanes of at least 4 members (excludes halogenated alkanes) is 5. The monoisotopic (exact) mass is 709 g/mol. The normalized spacial score (nSPS) is 19.4. The lowest BCUT2D eigenvalue weighted by atomic mass is 9.81. The van der Waals surface area contributed by atoms with Crippen molar-refractivity contribution in [3.05, 3.63) is 54.6 Å². The summed E-state index contributed by atoms with van der Waals surface area (Å²) in [5, 5.41) is 7.32. The van der Waals surface area contributed by atoms with E-state index in [1.807, 2.05) is 6.07 Å². The first-order chi connectivity index (χ1) is 23.9. The number of carbonyl (C=O) groups excluding carboxylic acids is 1. The summed E-state index contributed by atoms with van der Waals surface area (Å²) in [5.41, 5.74) is 3.82. The Hall–Kier alpha value is -2.65. The molecule has 288 valence electrons. The highest BCUT2D eigenvalue weighted by atomic mass is 16.7. The van der Waals surface area contributed by atoms with Crippen LogP contribution in [0.1, 0.15) is 126 Å². The highest BCUT2D eigenvalue weighted by molar-refractivity contribution is 5.69. The number of para-hydroxylation sites is 1. The van der Waals surface area contributed by atoms with E-state index >= 15 is 0 Å². The first-order valence-corrected chi connectivity index (χ1v) is 19.4. The van der Waals surface area contributed by atoms with Gasteiger partial charge in [0.25, 0.3) is 0 Å². The molecule has 51 heavy (non-hydrogen) atoms. The Bertz CT molecular complexity index is 1260. The summed E-state index contributed by atoms with van der Waals surface area (Å²) in [5.74, 6) is -0.0348. The molecule has 0 atom stereocenters. The maximum absolute atomic E-state index is 12.3. The first-order valence-electron chi connectivity index (χ1n) is 19.4. The van der Waals surface area contributed by atoms with E-state index < -0.39 is 0 Å². The van der Waals surface area contributed by atoms with Crippen molar-refractivity contribution in [3.8, 4) is 0 Å². The van der Waals surface area contributed by atoms with Crippen LogP contribution < -0.4 is 20.4 Å². The largest absolute Gasteiger partial charge is 0.462 e. The molecule has 8 heteroatoms. The van der Waals surface area contributed by atoms with E-state index in [0.29, 0.717) is 13.2 Å². The average molecular weight is 709 g/mol. The Labute approximate surface area is 311 Å². The van der Waals surface area contributed by atoms with Crippen molar-refractivity contribution in [2.24, 2.45) is 0 Å². The fraction of sp³-hybridized carbons (Fsp3) is 0.698. The van der Waals surface area contributed by atoms with Gasteiger partial charge in [-0.15, -0.1) is 0 Å². The van der Waals surface area contributed by atoms with Crippen LogP contribution in [0.2, 0.25) is 0 Å². The second-order valence-electron chi connectivity index (χ2n) is 17.7. The zero-order valence-electron chi connectivity index (χ0n) is 34.1. The molecule has 2 N–H and O–H groups in total. The highest BCUT2D eigenvalue weighted by Gasteiger charge is 2.39. The molecule has 2 aromatic carbocycles. The van der Waals surface area contributed by atoms with Crippen molar-refractivity contribution in [3.63, 3.8) is 0 Å². The SMILES string of the molecule is CC1(C)CC(OCOCCCCCCCCC(=O)OC2CC(C)(C)NC(C)(C)C2)CC(C)(C)N1.CN(C)c1ccc(N(C)c2ccccc2)cc1. The number of hydrogen-bond acceptors (Lipinski definition) is 8. The number of hydrogen-bond donors (Lipinski definition) is 2. The van der Waals surface area contributed by atoms with Crippen LogP contribution in [-0.4, -0.2) is 74.9 Å². The topological polar surface area (TPSA) is 75.3 Å². The van der Waals surface area contributed by atoms with Crippen LogP contribution >= 0.6 is 0 Å². The number of benzene rings is 2. The number of piperidine rings is 2. The van der Waals surface area contributed by atoms with Crippen molar-refractivity contribution in [2.75, 3.05) is 44.3 Å². The van der Waals surface area contributed by atoms with Crippen LogP contribution in [0, 0.1) is 0 Å². The van der Waals surface area contributed by atoms with Gasteiger partial charge >= 0.3 is 5.97 Å². The summed E-state index contributed by atoms with van der Waals surface area (Å²) in [7, 11) is 6.19. The van der Waals surface area contributed by atoms with E-state index in [9.17, 15) is 4.79 Å². The van der Waals surface area contributed by atoms with Crippen molar-refractivity contribution >= 4 is 23.0 Å². The van der Waals surface area contributed by atoms with Gasteiger partial charge in [0, 0.05) is 86.2 Å². The van der Waals surface area contributed by atoms with E-state index in [2.05, 4.69) is 145 Å². The Morgan fingerprint density at radius 1 is 0.627 bits per heavy atom. The van der Waals surface area contributed by atoms with E-state index in [1.54, 1.807) is 0 Å². The molecule has 0 radical (unpaired) electrons. The molecular formula is C43H72N4O4. The Balaban J connectivity index is 0.000000343. The highest BCUT2D eigenvalue weighted by Crippen LogP contribution is 2.32. The smallest absolute Gasteiger partial charge is 0.306 e. The second-order valence-corrected chi connectivity index (χ2v) is 17.7. The van der Waals surface area contributed by atoms with Crippen molar-refractivity contribution in [2.45, 2.75) is 160 Å². The number of rotatable bonds is 16. The molecule has 4 rings (SSSR count). The van der Waals surface area contributed by atoms with Gasteiger partial charge < -0.3 is 34.6 Å². The van der Waals surface area contributed by atoms with E-state index in [1.165, 1.54) is 23.5 Å². The van der Waals surface area contributed by atoms with Gasteiger partial charge in [0.2, 0.25) is 0 Å². The van der Waals surface area contributed by atoms with E-state index in [-0.39, 0.29) is 40.3 Å². The summed E-state index contributed by atoms with van der Waals surface area (Å²) in [6.45, 7) is 18.8. The molecule has 8 nitrogen and oxygen atoms in total. The van der Waals surface area contributed by atoms with Gasteiger partial charge in [0.05, 0.1) is 6.10 Å². The van der Waals surface area contributed by atoms with Crippen LogP contribution in [0.15, 0.2) is 54.6 Å². The molecule has 2 fully saturated rings. The molecule has 0 bridgehead atoms. The van der Waals surface area contributed by atoms with Crippen molar-refractivity contribution < 1.29 is 19.0 Å². The number of esters is 1. The molecule has 2 aliphatic heterocycles. The average Bonchev–Trinajstić information content (AvgIpc) is 3.01. The standard InChI is InChI=1S/C28H54N2O4.C15H18N2/c1-25(2)17-22(18-26(3,4)29-25)33-21-32-16-14-12-10-9-11-13-15-24(31)34-23-19-27(5,6)30-28(7,8)20-23;1-16(2)13-9-11-15(12-10-13)17(3)14-7-5-4-6-8-14/h22-23,29-30H,9-21H2,1-8H3;4-12H,1-3H3. The summed E-state index contributed by atoms with van der Waals surface area (Å²) in [6.07, 6.45) is 11.2. The minimum atomic E-state index is -0.0348. The van der Waals surface area contributed by atoms with Crippen LogP contribution in [0.3, 0.4) is 0 Å². The third-order valence-corrected chi connectivity index (χ3v) is 9.81. The Kier molecular flexibility index (Phi) is 16.3. The summed E-state index contributed by atoms with van der Waals surface area (Å²) in [6, 6.07) is 18.9. The minimum Gasteiger partial charge on any atom is -0.462 e. The van der Waals surface area contributed by atoms with Gasteiger partial charge in [-0.25, -0.2) is 0 Å². The molecule has 2 heterocycles.